The Kier molecular flexibility index (Phi) is 4.64. The van der Waals surface area contributed by atoms with E-state index in [2.05, 4.69) is 0 Å². The van der Waals surface area contributed by atoms with Crippen LogP contribution in [0.2, 0.25) is 5.02 Å². The zero-order chi connectivity index (χ0) is 18.1. The minimum absolute atomic E-state index is 0.0199. The van der Waals surface area contributed by atoms with Crippen LogP contribution in [0.1, 0.15) is 18.1 Å². The summed E-state index contributed by atoms with van der Waals surface area (Å²) in [5.41, 5.74) is 2.68. The van der Waals surface area contributed by atoms with E-state index in [0.717, 1.165) is 11.1 Å². The topological polar surface area (TPSA) is 56.5 Å². The van der Waals surface area contributed by atoms with Crippen LogP contribution in [0.3, 0.4) is 0 Å². The number of carbonyl (C=O) groups excluding carboxylic acids is 1. The molecule has 0 aliphatic carbocycles. The van der Waals surface area contributed by atoms with E-state index >= 15 is 0 Å². The second kappa shape index (κ2) is 6.73. The number of ether oxygens (including phenoxy) is 1. The van der Waals surface area contributed by atoms with Gasteiger partial charge in [-0.3, -0.25) is 9.59 Å². The number of carbonyl (C=O) groups is 1. The van der Waals surface area contributed by atoms with Gasteiger partial charge in [0.1, 0.15) is 12.2 Å². The van der Waals surface area contributed by atoms with Gasteiger partial charge in [-0.2, -0.15) is 0 Å². The summed E-state index contributed by atoms with van der Waals surface area (Å²) in [4.78, 5) is 24.2. The molecule has 0 radical (unpaired) electrons. The lowest BCUT2D eigenvalue weighted by Gasteiger charge is -2.12. The maximum atomic E-state index is 12.9. The molecule has 2 aromatic carbocycles. The fourth-order valence-electron chi connectivity index (χ4n) is 2.50. The van der Waals surface area contributed by atoms with Crippen molar-refractivity contribution in [1.82, 2.24) is 0 Å². The third-order valence-electron chi connectivity index (χ3n) is 3.86. The van der Waals surface area contributed by atoms with Crippen molar-refractivity contribution in [1.29, 1.82) is 0 Å². The first kappa shape index (κ1) is 17.2. The predicted molar refractivity (Wildman–Crippen MR) is 98.6 cm³/mol. The Morgan fingerprint density at radius 2 is 1.84 bits per heavy atom. The minimum Gasteiger partial charge on any atom is -0.478 e. The fraction of sp³-hybridized carbons (Fsp3) is 0.200. The van der Waals surface area contributed by atoms with Crippen LogP contribution in [0.15, 0.2) is 45.6 Å². The fourth-order valence-corrected chi connectivity index (χ4v) is 2.66. The maximum Gasteiger partial charge on any atom is 0.235 e. The van der Waals surface area contributed by atoms with Gasteiger partial charge in [0.05, 0.1) is 5.39 Å². The summed E-state index contributed by atoms with van der Waals surface area (Å²) in [6, 6.07) is 10.8. The Bertz CT molecular complexity index is 1020. The van der Waals surface area contributed by atoms with E-state index in [-0.39, 0.29) is 23.6 Å². The average Bonchev–Trinajstić information content (AvgIpc) is 2.56. The van der Waals surface area contributed by atoms with Gasteiger partial charge in [0, 0.05) is 10.6 Å². The van der Waals surface area contributed by atoms with Gasteiger partial charge in [-0.25, -0.2) is 0 Å². The Morgan fingerprint density at radius 1 is 1.16 bits per heavy atom. The Hall–Kier alpha value is -2.59. The lowest BCUT2D eigenvalue weighted by molar-refractivity contribution is -0.118. The normalized spacial score (nSPS) is 10.9. The lowest BCUT2D eigenvalue weighted by atomic mass is 10.1. The van der Waals surface area contributed by atoms with E-state index in [0.29, 0.717) is 27.3 Å². The summed E-state index contributed by atoms with van der Waals surface area (Å²) >= 11 is 6.14. The number of ketones is 1. The molecule has 1 heterocycles. The molecule has 128 valence electrons. The van der Waals surface area contributed by atoms with Gasteiger partial charge in [0.25, 0.3) is 0 Å². The molecule has 0 spiro atoms. The number of hydrogen-bond acceptors (Lipinski definition) is 4. The molecule has 0 amide bonds. The number of fused-ring (bicyclic) bond motifs is 1. The molecule has 3 aromatic rings. The smallest absolute Gasteiger partial charge is 0.235 e. The van der Waals surface area contributed by atoms with E-state index in [1.165, 1.54) is 6.92 Å². The van der Waals surface area contributed by atoms with Crippen molar-refractivity contribution in [2.75, 3.05) is 6.61 Å². The third-order valence-corrected chi connectivity index (χ3v) is 4.27. The quantitative estimate of drug-likeness (QED) is 0.680. The number of aryl methyl sites for hydroxylation is 2. The van der Waals surface area contributed by atoms with Crippen LogP contribution in [0.4, 0.5) is 0 Å². The molecule has 1 aromatic heterocycles. The van der Waals surface area contributed by atoms with Crippen LogP contribution in [0.25, 0.3) is 22.3 Å². The van der Waals surface area contributed by atoms with E-state index in [1.54, 1.807) is 12.1 Å². The molecule has 0 fully saturated rings. The lowest BCUT2D eigenvalue weighted by Crippen LogP contribution is -2.15. The van der Waals surface area contributed by atoms with Gasteiger partial charge in [-0.05, 0) is 38.5 Å². The number of rotatable bonds is 4. The molecule has 4 nitrogen and oxygen atoms in total. The van der Waals surface area contributed by atoms with Crippen molar-refractivity contribution in [2.24, 2.45) is 0 Å². The molecule has 0 aliphatic rings. The summed E-state index contributed by atoms with van der Waals surface area (Å²) in [6.07, 6.45) is 0. The van der Waals surface area contributed by atoms with Gasteiger partial charge in [0.2, 0.25) is 11.2 Å². The highest BCUT2D eigenvalue weighted by molar-refractivity contribution is 6.32. The molecular weight excluding hydrogens is 340 g/mol. The van der Waals surface area contributed by atoms with Crippen molar-refractivity contribution in [2.45, 2.75) is 20.8 Å². The van der Waals surface area contributed by atoms with Crippen molar-refractivity contribution in [3.63, 3.8) is 0 Å². The molecule has 0 saturated carbocycles. The molecule has 0 atom stereocenters. The van der Waals surface area contributed by atoms with Crippen LogP contribution in [-0.2, 0) is 4.79 Å². The van der Waals surface area contributed by atoms with Gasteiger partial charge in [-0.15, -0.1) is 0 Å². The SMILES string of the molecule is CC(=O)COc1c(-c2ccc(C)cc2)oc2cc(C)c(Cl)cc2c1=O. The van der Waals surface area contributed by atoms with Crippen molar-refractivity contribution in [3.8, 4) is 17.1 Å². The highest BCUT2D eigenvalue weighted by Crippen LogP contribution is 2.32. The molecule has 25 heavy (non-hydrogen) atoms. The summed E-state index contributed by atoms with van der Waals surface area (Å²) in [7, 11) is 0. The minimum atomic E-state index is -0.347. The first-order chi connectivity index (χ1) is 11.9. The highest BCUT2D eigenvalue weighted by Gasteiger charge is 2.19. The number of Topliss-reactive ketones (excluding diaryl/α,β-unsaturated/α-hetero) is 1. The number of benzene rings is 2. The molecule has 5 heteroatoms. The van der Waals surface area contributed by atoms with E-state index in [1.807, 2.05) is 38.1 Å². The van der Waals surface area contributed by atoms with Crippen LogP contribution < -0.4 is 10.2 Å². The third kappa shape index (κ3) is 3.44. The zero-order valence-corrected chi connectivity index (χ0v) is 14.9. The monoisotopic (exact) mass is 356 g/mol. The second-order valence-electron chi connectivity index (χ2n) is 6.04. The summed E-state index contributed by atoms with van der Waals surface area (Å²) in [6.45, 7) is 5.01. The first-order valence-corrected chi connectivity index (χ1v) is 8.21. The molecule has 0 aliphatic heterocycles. The summed E-state index contributed by atoms with van der Waals surface area (Å²) < 4.78 is 11.5. The highest BCUT2D eigenvalue weighted by atomic mass is 35.5. The van der Waals surface area contributed by atoms with Crippen molar-refractivity contribution in [3.05, 3.63) is 62.8 Å². The average molecular weight is 357 g/mol. The van der Waals surface area contributed by atoms with Crippen molar-refractivity contribution < 1.29 is 13.9 Å². The van der Waals surface area contributed by atoms with Gasteiger partial charge >= 0.3 is 0 Å². The van der Waals surface area contributed by atoms with Crippen LogP contribution in [-0.4, -0.2) is 12.4 Å². The van der Waals surface area contributed by atoms with E-state index < -0.39 is 0 Å². The second-order valence-corrected chi connectivity index (χ2v) is 6.45. The predicted octanol–water partition coefficient (Wildman–Crippen LogP) is 4.70. The molecule has 0 unspecified atom stereocenters. The van der Waals surface area contributed by atoms with Gasteiger partial charge in [-0.1, -0.05) is 41.4 Å². The Balaban J connectivity index is 2.29. The maximum absolute atomic E-state index is 12.9. The van der Waals surface area contributed by atoms with Crippen LogP contribution in [0, 0.1) is 13.8 Å². The first-order valence-electron chi connectivity index (χ1n) is 7.83. The van der Waals surface area contributed by atoms with Gasteiger partial charge < -0.3 is 9.15 Å². The number of hydrogen-bond donors (Lipinski definition) is 0. The Morgan fingerprint density at radius 3 is 2.48 bits per heavy atom. The Labute approximate surface area is 150 Å². The van der Waals surface area contributed by atoms with Crippen molar-refractivity contribution >= 4 is 28.4 Å². The number of halogens is 1. The molecule has 0 saturated heterocycles. The zero-order valence-electron chi connectivity index (χ0n) is 14.2. The van der Waals surface area contributed by atoms with Gasteiger partial charge in [0.15, 0.2) is 11.5 Å². The summed E-state index contributed by atoms with van der Waals surface area (Å²) in [5.74, 6) is 0.142. The largest absolute Gasteiger partial charge is 0.478 e. The van der Waals surface area contributed by atoms with E-state index in [9.17, 15) is 9.59 Å². The summed E-state index contributed by atoms with van der Waals surface area (Å²) in [5, 5.41) is 0.797. The van der Waals surface area contributed by atoms with Crippen LogP contribution >= 0.6 is 11.6 Å². The van der Waals surface area contributed by atoms with E-state index in [4.69, 9.17) is 20.8 Å². The standard InChI is InChI=1S/C20H17ClO4/c1-11-4-6-14(7-5-11)19-20(24-10-13(3)22)18(23)15-9-16(21)12(2)8-17(15)25-19/h4-9H,10H2,1-3H3. The molecule has 3 rings (SSSR count). The molecule has 0 N–H and O–H groups in total. The molecular formula is C20H17ClO4. The molecule has 0 bridgehead atoms. The van der Waals surface area contributed by atoms with Crippen LogP contribution in [0.5, 0.6) is 5.75 Å².